The van der Waals surface area contributed by atoms with Crippen LogP contribution in [0.15, 0.2) is 6.07 Å². The summed E-state index contributed by atoms with van der Waals surface area (Å²) in [5.41, 5.74) is -4.89. The van der Waals surface area contributed by atoms with E-state index in [1.165, 1.54) is 10.7 Å². The smallest absolute Gasteiger partial charge is 0.412 e. The maximum absolute atomic E-state index is 12.3. The third kappa shape index (κ3) is 3.77. The fourth-order valence-corrected chi connectivity index (χ4v) is 3.86. The van der Waals surface area contributed by atoms with Crippen molar-refractivity contribution in [3.05, 3.63) is 11.8 Å². The Kier molecular flexibility index (Phi) is 4.60. The number of alkyl halides is 3. The summed E-state index contributed by atoms with van der Waals surface area (Å²) in [5.74, 6) is -0.576. The van der Waals surface area contributed by atoms with Crippen molar-refractivity contribution in [3.8, 4) is 5.88 Å². The Morgan fingerprint density at radius 1 is 1.29 bits per heavy atom. The normalized spacial score (nSPS) is 19.4. The van der Waals surface area contributed by atoms with Crippen molar-refractivity contribution in [3.63, 3.8) is 0 Å². The molecule has 2 heterocycles. The van der Waals surface area contributed by atoms with E-state index >= 15 is 0 Å². The maximum Gasteiger partial charge on any atom is 0.534 e. The van der Waals surface area contributed by atoms with E-state index in [1.807, 2.05) is 0 Å². The zero-order chi connectivity index (χ0) is 18.6. The highest BCUT2D eigenvalue weighted by Crippen LogP contribution is 2.38. The Balaban J connectivity index is 2.06. The van der Waals surface area contributed by atoms with E-state index < -0.39 is 29.8 Å². The molecular formula is C13H21F3N2O4SSi. The van der Waals surface area contributed by atoms with Crippen LogP contribution in [0.4, 0.5) is 13.2 Å². The van der Waals surface area contributed by atoms with Crippen molar-refractivity contribution in [1.82, 2.24) is 9.78 Å². The minimum atomic E-state index is -5.70. The molecule has 1 unspecified atom stereocenters. The van der Waals surface area contributed by atoms with Crippen LogP contribution < -0.4 is 4.18 Å². The Labute approximate surface area is 140 Å². The summed E-state index contributed by atoms with van der Waals surface area (Å²) in [6.07, 6.45) is 0.330. The van der Waals surface area contributed by atoms with Crippen molar-refractivity contribution in [1.29, 1.82) is 0 Å². The zero-order valence-electron chi connectivity index (χ0n) is 14.1. The summed E-state index contributed by atoms with van der Waals surface area (Å²) in [5, 5.41) is 3.82. The highest BCUT2D eigenvalue weighted by molar-refractivity contribution is 7.87. The van der Waals surface area contributed by atoms with Gasteiger partial charge in [-0.1, -0.05) is 20.8 Å². The summed E-state index contributed by atoms with van der Waals surface area (Å²) >= 11 is 0. The van der Waals surface area contributed by atoms with Gasteiger partial charge in [0.25, 0.3) is 5.88 Å². The van der Waals surface area contributed by atoms with Gasteiger partial charge in [0.2, 0.25) is 0 Å². The summed E-state index contributed by atoms with van der Waals surface area (Å²) < 4.78 is 70.7. The van der Waals surface area contributed by atoms with E-state index in [1.54, 1.807) is 0 Å². The molecule has 1 aromatic heterocycles. The van der Waals surface area contributed by atoms with Crippen LogP contribution >= 0.6 is 0 Å². The van der Waals surface area contributed by atoms with E-state index in [-0.39, 0.29) is 11.1 Å². The van der Waals surface area contributed by atoms with Crippen LogP contribution in [-0.4, -0.2) is 38.1 Å². The molecule has 0 aromatic carbocycles. The topological polar surface area (TPSA) is 70.4 Å². The van der Waals surface area contributed by atoms with E-state index in [0.717, 1.165) is 0 Å². The fraction of sp³-hybridized carbons (Fsp3) is 0.769. The van der Waals surface area contributed by atoms with Crippen LogP contribution in [0.3, 0.4) is 0 Å². The largest absolute Gasteiger partial charge is 0.534 e. The number of nitrogens with zero attached hydrogens (tertiary/aromatic N) is 2. The second-order valence-electron chi connectivity index (χ2n) is 7.34. The van der Waals surface area contributed by atoms with Crippen LogP contribution in [-0.2, 0) is 27.5 Å². The number of fused-ring (bicyclic) bond motifs is 1. The van der Waals surface area contributed by atoms with Gasteiger partial charge in [0.15, 0.2) is 8.32 Å². The molecule has 0 bridgehead atoms. The molecule has 0 radical (unpaired) electrons. The van der Waals surface area contributed by atoms with Crippen molar-refractivity contribution in [2.45, 2.75) is 63.5 Å². The first-order valence-electron chi connectivity index (χ1n) is 7.38. The predicted molar refractivity (Wildman–Crippen MR) is 83.6 cm³/mol. The molecule has 1 aromatic rings. The average Bonchev–Trinajstić information content (AvgIpc) is 2.81. The van der Waals surface area contributed by atoms with Gasteiger partial charge >= 0.3 is 15.6 Å². The molecule has 1 atom stereocenters. The molecule has 2 rings (SSSR count). The monoisotopic (exact) mass is 386 g/mol. The molecule has 6 nitrogen and oxygen atoms in total. The molecule has 0 saturated heterocycles. The molecule has 0 saturated carbocycles. The molecule has 0 fully saturated rings. The molecule has 0 spiro atoms. The van der Waals surface area contributed by atoms with Gasteiger partial charge in [0, 0.05) is 18.2 Å². The Bertz CT molecular complexity index is 699. The molecule has 1 aliphatic rings. The maximum atomic E-state index is 12.3. The average molecular weight is 386 g/mol. The predicted octanol–water partition coefficient (Wildman–Crippen LogP) is 3.06. The second kappa shape index (κ2) is 5.73. The van der Waals surface area contributed by atoms with Crippen LogP contribution in [0.1, 0.15) is 26.5 Å². The Morgan fingerprint density at radius 3 is 2.33 bits per heavy atom. The lowest BCUT2D eigenvalue weighted by atomic mass is 10.2. The van der Waals surface area contributed by atoms with Crippen molar-refractivity contribution < 1.29 is 30.2 Å². The van der Waals surface area contributed by atoms with Crippen LogP contribution in [0, 0.1) is 0 Å². The third-order valence-corrected chi connectivity index (χ3v) is 9.89. The number of rotatable bonds is 4. The van der Waals surface area contributed by atoms with Crippen LogP contribution in [0.2, 0.25) is 18.1 Å². The van der Waals surface area contributed by atoms with Crippen LogP contribution in [0.25, 0.3) is 0 Å². The molecule has 0 N–H and O–H groups in total. The van der Waals surface area contributed by atoms with Gasteiger partial charge in [-0.3, -0.25) is 4.68 Å². The number of hydrogen-bond acceptors (Lipinski definition) is 5. The molecule has 0 aliphatic carbocycles. The molecular weight excluding hydrogens is 365 g/mol. The molecule has 0 amide bonds. The van der Waals surface area contributed by atoms with Gasteiger partial charge in [-0.2, -0.15) is 21.6 Å². The van der Waals surface area contributed by atoms with Crippen LogP contribution in [0.5, 0.6) is 5.88 Å². The summed E-state index contributed by atoms with van der Waals surface area (Å²) in [7, 11) is -7.68. The molecule has 11 heteroatoms. The van der Waals surface area contributed by atoms with Gasteiger partial charge in [0.1, 0.15) is 0 Å². The Morgan fingerprint density at radius 2 is 1.88 bits per heavy atom. The van der Waals surface area contributed by atoms with Crippen molar-refractivity contribution in [2.24, 2.45) is 0 Å². The minimum Gasteiger partial charge on any atom is -0.412 e. The SMILES string of the molecule is CC(C)(C)[Si](C)(C)OC1Cc2cc(OS(=O)(=O)C(F)(F)F)nn2C1. The highest BCUT2D eigenvalue weighted by Gasteiger charge is 2.49. The molecule has 1 aliphatic heterocycles. The van der Waals surface area contributed by atoms with E-state index in [2.05, 4.69) is 43.1 Å². The van der Waals surface area contributed by atoms with Crippen molar-refractivity contribution >= 4 is 18.4 Å². The zero-order valence-corrected chi connectivity index (χ0v) is 16.0. The quantitative estimate of drug-likeness (QED) is 0.452. The standard InChI is InChI=1S/C13H21F3N2O4SSi/c1-12(2,3)24(4,5)22-10-6-9-7-11(17-18(9)8-10)21-23(19,20)13(14,15)16/h7,10H,6,8H2,1-5H3. The first-order valence-corrected chi connectivity index (χ1v) is 11.7. The summed E-state index contributed by atoms with van der Waals surface area (Å²) in [6, 6.07) is 1.21. The molecule has 138 valence electrons. The first kappa shape index (κ1) is 19.3. The van der Waals surface area contributed by atoms with E-state index in [4.69, 9.17) is 4.43 Å². The second-order valence-corrected chi connectivity index (χ2v) is 13.6. The summed E-state index contributed by atoms with van der Waals surface area (Å²) in [4.78, 5) is 0. The van der Waals surface area contributed by atoms with Gasteiger partial charge in [-0.05, 0) is 18.1 Å². The highest BCUT2D eigenvalue weighted by atomic mass is 32.2. The summed E-state index contributed by atoms with van der Waals surface area (Å²) in [6.45, 7) is 10.9. The number of aromatic nitrogens is 2. The van der Waals surface area contributed by atoms with Gasteiger partial charge in [-0.15, -0.1) is 5.10 Å². The van der Waals surface area contributed by atoms with Gasteiger partial charge < -0.3 is 8.61 Å². The Hall–Kier alpha value is -1.07. The first-order chi connectivity index (χ1) is 10.6. The lowest BCUT2D eigenvalue weighted by Crippen LogP contribution is -2.44. The number of halogens is 3. The van der Waals surface area contributed by atoms with E-state index in [0.29, 0.717) is 18.7 Å². The lowest BCUT2D eigenvalue weighted by Gasteiger charge is -2.38. The third-order valence-electron chi connectivity index (χ3n) is 4.40. The molecule has 24 heavy (non-hydrogen) atoms. The van der Waals surface area contributed by atoms with Gasteiger partial charge in [0.05, 0.1) is 12.6 Å². The van der Waals surface area contributed by atoms with E-state index in [9.17, 15) is 21.6 Å². The minimum absolute atomic E-state index is 0.0345. The fourth-order valence-electron chi connectivity index (χ4n) is 2.11. The van der Waals surface area contributed by atoms with Crippen molar-refractivity contribution in [2.75, 3.05) is 0 Å². The lowest BCUT2D eigenvalue weighted by molar-refractivity contribution is -0.0501. The number of hydrogen-bond donors (Lipinski definition) is 0. The van der Waals surface area contributed by atoms with Gasteiger partial charge in [-0.25, -0.2) is 0 Å².